The number of hydrogen-bond acceptors (Lipinski definition) is 6. The van der Waals surface area contributed by atoms with Crippen molar-refractivity contribution in [2.75, 3.05) is 22.6 Å². The van der Waals surface area contributed by atoms with Crippen LogP contribution in [0.25, 0.3) is 0 Å². The second kappa shape index (κ2) is 5.10. The zero-order valence-corrected chi connectivity index (χ0v) is 12.6. The number of hydrogen-bond donors (Lipinski definition) is 1. The number of sulfone groups is 1. The van der Waals surface area contributed by atoms with Crippen molar-refractivity contribution in [1.29, 1.82) is 0 Å². The van der Waals surface area contributed by atoms with Crippen LogP contribution in [0.15, 0.2) is 4.90 Å². The van der Waals surface area contributed by atoms with Gasteiger partial charge in [0.25, 0.3) is 0 Å². The van der Waals surface area contributed by atoms with Gasteiger partial charge in [-0.25, -0.2) is 13.4 Å². The Morgan fingerprint density at radius 1 is 1.26 bits per heavy atom. The number of aromatic nitrogens is 2. The summed E-state index contributed by atoms with van der Waals surface area (Å²) in [5.41, 5.74) is 0.996. The number of thioether (sulfide) groups is 1. The Hall–Kier alpha value is -0.530. The largest absolute Gasteiger partial charge is 0.366 e. The van der Waals surface area contributed by atoms with Crippen molar-refractivity contribution in [3.05, 3.63) is 11.0 Å². The minimum Gasteiger partial charge on any atom is -0.366 e. The maximum Gasteiger partial charge on any atom is 0.224 e. The summed E-state index contributed by atoms with van der Waals surface area (Å²) < 4.78 is 22.8. The molecule has 0 unspecified atom stereocenters. The molecule has 3 rings (SSSR count). The van der Waals surface area contributed by atoms with Crippen LogP contribution in [0.4, 0.5) is 5.82 Å². The van der Waals surface area contributed by atoms with E-state index in [9.17, 15) is 8.42 Å². The molecule has 1 N–H and O–H groups in total. The van der Waals surface area contributed by atoms with E-state index in [0.717, 1.165) is 28.6 Å². The number of halogens is 1. The average molecular weight is 320 g/mol. The van der Waals surface area contributed by atoms with Crippen LogP contribution in [0.2, 0.25) is 5.28 Å². The van der Waals surface area contributed by atoms with E-state index in [1.54, 1.807) is 11.8 Å². The SMILES string of the molecule is O=S1(=O)CCC(Nc2nc(Cl)nc3c2SCC3)CC1. The lowest BCUT2D eigenvalue weighted by Crippen LogP contribution is -2.32. The molecule has 8 heteroatoms. The van der Waals surface area contributed by atoms with Gasteiger partial charge in [0.15, 0.2) is 0 Å². The average Bonchev–Trinajstić information content (AvgIpc) is 2.80. The van der Waals surface area contributed by atoms with E-state index >= 15 is 0 Å². The van der Waals surface area contributed by atoms with Crippen LogP contribution >= 0.6 is 23.4 Å². The van der Waals surface area contributed by atoms with E-state index in [0.29, 0.717) is 12.8 Å². The third-order valence-corrected chi connectivity index (χ3v) is 6.40. The van der Waals surface area contributed by atoms with Gasteiger partial charge in [-0.15, -0.1) is 11.8 Å². The van der Waals surface area contributed by atoms with Crippen LogP contribution in [0, 0.1) is 0 Å². The highest BCUT2D eigenvalue weighted by Crippen LogP contribution is 2.36. The summed E-state index contributed by atoms with van der Waals surface area (Å²) in [6.07, 6.45) is 2.17. The van der Waals surface area contributed by atoms with Gasteiger partial charge in [0.1, 0.15) is 15.7 Å². The highest BCUT2D eigenvalue weighted by Gasteiger charge is 2.26. The van der Waals surface area contributed by atoms with Gasteiger partial charge in [-0.1, -0.05) is 0 Å². The summed E-state index contributed by atoms with van der Waals surface area (Å²) in [6, 6.07) is 0.153. The second-order valence-corrected chi connectivity index (χ2v) is 8.53. The number of anilines is 1. The third kappa shape index (κ3) is 2.98. The van der Waals surface area contributed by atoms with E-state index in [2.05, 4.69) is 15.3 Å². The molecule has 5 nitrogen and oxygen atoms in total. The highest BCUT2D eigenvalue weighted by molar-refractivity contribution is 7.99. The van der Waals surface area contributed by atoms with Crippen molar-refractivity contribution < 1.29 is 8.42 Å². The molecule has 19 heavy (non-hydrogen) atoms. The summed E-state index contributed by atoms with van der Waals surface area (Å²) in [7, 11) is -2.83. The molecule has 0 aromatic carbocycles. The van der Waals surface area contributed by atoms with E-state index < -0.39 is 9.84 Å². The predicted octanol–water partition coefficient (Wildman–Crippen LogP) is 1.77. The molecule has 1 aromatic rings. The molecule has 1 fully saturated rings. The number of rotatable bonds is 2. The molecule has 104 valence electrons. The minimum atomic E-state index is -2.83. The highest BCUT2D eigenvalue weighted by atomic mass is 35.5. The third-order valence-electron chi connectivity index (χ3n) is 3.39. The Bertz CT molecular complexity index is 592. The first-order valence-corrected chi connectivity index (χ1v) is 9.38. The molecule has 0 saturated carbocycles. The maximum absolute atomic E-state index is 11.4. The maximum atomic E-state index is 11.4. The lowest BCUT2D eigenvalue weighted by molar-refractivity contribution is 0.558. The van der Waals surface area contributed by atoms with E-state index in [-0.39, 0.29) is 22.8 Å². The fourth-order valence-corrected chi connectivity index (χ4v) is 5.10. The molecule has 1 saturated heterocycles. The zero-order chi connectivity index (χ0) is 13.5. The van der Waals surface area contributed by atoms with Crippen molar-refractivity contribution in [2.24, 2.45) is 0 Å². The van der Waals surface area contributed by atoms with Gasteiger partial charge in [-0.05, 0) is 24.4 Å². The first-order chi connectivity index (χ1) is 9.03. The lowest BCUT2D eigenvalue weighted by atomic mass is 10.1. The summed E-state index contributed by atoms with van der Waals surface area (Å²) in [6.45, 7) is 0. The van der Waals surface area contributed by atoms with Crippen molar-refractivity contribution in [3.63, 3.8) is 0 Å². The number of nitrogens with zero attached hydrogens (tertiary/aromatic N) is 2. The normalized spacial score (nSPS) is 22.2. The van der Waals surface area contributed by atoms with E-state index in [1.165, 1.54) is 0 Å². The Morgan fingerprint density at radius 2 is 2.00 bits per heavy atom. The molecular formula is C11H14ClN3O2S2. The van der Waals surface area contributed by atoms with Gasteiger partial charge in [0.2, 0.25) is 5.28 Å². The van der Waals surface area contributed by atoms with E-state index in [4.69, 9.17) is 11.6 Å². The molecule has 0 amide bonds. The monoisotopic (exact) mass is 319 g/mol. The lowest BCUT2D eigenvalue weighted by Gasteiger charge is -2.24. The molecule has 0 radical (unpaired) electrons. The van der Waals surface area contributed by atoms with Crippen LogP contribution in [0.3, 0.4) is 0 Å². The number of fused-ring (bicyclic) bond motifs is 1. The van der Waals surface area contributed by atoms with Crippen molar-refractivity contribution in [1.82, 2.24) is 9.97 Å². The molecule has 0 bridgehead atoms. The fraction of sp³-hybridized carbons (Fsp3) is 0.636. The molecule has 0 aliphatic carbocycles. The Balaban J connectivity index is 1.77. The molecule has 2 aliphatic heterocycles. The molecular weight excluding hydrogens is 306 g/mol. The van der Waals surface area contributed by atoms with Crippen LogP contribution in [0.1, 0.15) is 18.5 Å². The number of nitrogens with one attached hydrogen (secondary N) is 1. The van der Waals surface area contributed by atoms with Gasteiger partial charge in [0, 0.05) is 18.2 Å². The standard InChI is InChI=1S/C11H14ClN3O2S2/c12-11-14-8-1-4-18-9(8)10(15-11)13-7-2-5-19(16,17)6-3-7/h7H,1-6H2,(H,13,14,15). The van der Waals surface area contributed by atoms with Gasteiger partial charge in [-0.2, -0.15) is 4.98 Å². The van der Waals surface area contributed by atoms with Gasteiger partial charge < -0.3 is 5.32 Å². The molecule has 0 spiro atoms. The van der Waals surface area contributed by atoms with Crippen molar-refractivity contribution in [2.45, 2.75) is 30.2 Å². The van der Waals surface area contributed by atoms with Crippen molar-refractivity contribution >= 4 is 39.0 Å². The van der Waals surface area contributed by atoms with E-state index in [1.807, 2.05) is 0 Å². The van der Waals surface area contributed by atoms with Crippen LogP contribution in [0.5, 0.6) is 0 Å². The molecule has 0 atom stereocenters. The topological polar surface area (TPSA) is 72.0 Å². The first kappa shape index (κ1) is 13.5. The summed E-state index contributed by atoms with van der Waals surface area (Å²) >= 11 is 7.65. The summed E-state index contributed by atoms with van der Waals surface area (Å²) in [5.74, 6) is 2.26. The predicted molar refractivity (Wildman–Crippen MR) is 76.8 cm³/mol. The number of aryl methyl sites for hydroxylation is 1. The molecule has 1 aromatic heterocycles. The molecule has 2 aliphatic rings. The Morgan fingerprint density at radius 3 is 2.74 bits per heavy atom. The minimum absolute atomic E-state index is 0.153. The first-order valence-electron chi connectivity index (χ1n) is 6.20. The quantitative estimate of drug-likeness (QED) is 0.838. The molecule has 3 heterocycles. The second-order valence-electron chi connectivity index (χ2n) is 4.79. The van der Waals surface area contributed by atoms with Gasteiger partial charge in [-0.3, -0.25) is 0 Å². The Kier molecular flexibility index (Phi) is 3.61. The van der Waals surface area contributed by atoms with Crippen LogP contribution < -0.4 is 5.32 Å². The Labute approximate surface area is 121 Å². The van der Waals surface area contributed by atoms with Crippen LogP contribution in [-0.2, 0) is 16.3 Å². The van der Waals surface area contributed by atoms with Gasteiger partial charge >= 0.3 is 0 Å². The summed E-state index contributed by atoms with van der Waals surface area (Å²) in [5, 5.41) is 3.60. The van der Waals surface area contributed by atoms with Gasteiger partial charge in [0.05, 0.1) is 22.1 Å². The smallest absolute Gasteiger partial charge is 0.224 e. The zero-order valence-electron chi connectivity index (χ0n) is 10.2. The van der Waals surface area contributed by atoms with Crippen molar-refractivity contribution in [3.8, 4) is 0 Å². The fourth-order valence-electron chi connectivity index (χ4n) is 2.36. The van der Waals surface area contributed by atoms with Crippen LogP contribution in [-0.4, -0.2) is 41.7 Å². The summed E-state index contributed by atoms with van der Waals surface area (Å²) in [4.78, 5) is 9.54.